The fraction of sp³-hybridized carbons (Fsp3) is 0.375. The van der Waals surface area contributed by atoms with E-state index in [1.54, 1.807) is 38.3 Å². The minimum Gasteiger partial charge on any atom is -0.384 e. The van der Waals surface area contributed by atoms with Crippen LogP contribution in [0, 0.1) is 0 Å². The lowest BCUT2D eigenvalue weighted by atomic mass is 10.1. The number of halogens is 3. The van der Waals surface area contributed by atoms with Crippen LogP contribution in [0.1, 0.15) is 28.5 Å². The van der Waals surface area contributed by atoms with E-state index in [-0.39, 0.29) is 6.54 Å². The number of nitrogens with one attached hydrogen (secondary N) is 1. The fourth-order valence-corrected chi connectivity index (χ4v) is 2.22. The van der Waals surface area contributed by atoms with Gasteiger partial charge in [-0.2, -0.15) is 18.3 Å². The van der Waals surface area contributed by atoms with Crippen LogP contribution in [0.4, 0.5) is 18.9 Å². The lowest BCUT2D eigenvalue weighted by Crippen LogP contribution is -2.18. The Balaban J connectivity index is 2.29. The molecule has 0 aliphatic heterocycles. The molecule has 0 aliphatic carbocycles. The Labute approximate surface area is 137 Å². The van der Waals surface area contributed by atoms with Gasteiger partial charge in [-0.25, -0.2) is 0 Å². The number of para-hydroxylation sites is 1. The molecule has 0 saturated carbocycles. The Morgan fingerprint density at radius 3 is 2.67 bits per heavy atom. The second-order valence-corrected chi connectivity index (χ2v) is 5.10. The highest BCUT2D eigenvalue weighted by atomic mass is 19.4. The molecule has 5 nitrogen and oxygen atoms in total. The summed E-state index contributed by atoms with van der Waals surface area (Å²) in [6.07, 6.45) is -3.05. The second-order valence-electron chi connectivity index (χ2n) is 5.10. The summed E-state index contributed by atoms with van der Waals surface area (Å²) in [5.74, 6) is -0.841. The Morgan fingerprint density at radius 1 is 1.33 bits per heavy atom. The van der Waals surface area contributed by atoms with Gasteiger partial charge in [0.1, 0.15) is 0 Å². The van der Waals surface area contributed by atoms with Gasteiger partial charge in [-0.15, -0.1) is 0 Å². The zero-order valence-electron chi connectivity index (χ0n) is 13.4. The molecule has 1 aromatic heterocycles. The van der Waals surface area contributed by atoms with Gasteiger partial charge in [0.15, 0.2) is 5.69 Å². The number of rotatable bonds is 6. The quantitative estimate of drug-likeness (QED) is 0.876. The molecular formula is C16H18F3N3O2. The van der Waals surface area contributed by atoms with E-state index in [2.05, 4.69) is 10.4 Å². The monoisotopic (exact) mass is 341 g/mol. The van der Waals surface area contributed by atoms with Crippen LogP contribution in [0.15, 0.2) is 30.5 Å². The van der Waals surface area contributed by atoms with Gasteiger partial charge in [-0.3, -0.25) is 9.48 Å². The largest absolute Gasteiger partial charge is 0.435 e. The maximum absolute atomic E-state index is 13.1. The predicted molar refractivity (Wildman–Crippen MR) is 82.9 cm³/mol. The molecule has 1 amide bonds. The van der Waals surface area contributed by atoms with Crippen molar-refractivity contribution in [3.8, 4) is 0 Å². The van der Waals surface area contributed by atoms with Crippen molar-refractivity contribution in [3.05, 3.63) is 47.3 Å². The van der Waals surface area contributed by atoms with Crippen molar-refractivity contribution in [1.82, 2.24) is 9.78 Å². The first-order chi connectivity index (χ1) is 11.4. The number of carbonyl (C=O) groups excluding carboxylic acids is 1. The number of hydrogen-bond acceptors (Lipinski definition) is 3. The standard InChI is InChI=1S/C16H18F3N3O2/c1-3-22-10-12(14(21-22)16(17,18)19)15(23)20-13-7-5-4-6-11(13)8-9-24-2/h4-7,10H,3,8-9H2,1-2H3,(H,20,23). The first-order valence-corrected chi connectivity index (χ1v) is 7.39. The maximum Gasteiger partial charge on any atom is 0.435 e. The highest BCUT2D eigenvalue weighted by molar-refractivity contribution is 6.05. The molecule has 0 atom stereocenters. The summed E-state index contributed by atoms with van der Waals surface area (Å²) in [5.41, 5.74) is -0.441. The number of amides is 1. The number of alkyl halides is 3. The first kappa shape index (κ1) is 18.0. The number of ether oxygens (including phenoxy) is 1. The average Bonchev–Trinajstić information content (AvgIpc) is 2.99. The number of nitrogens with zero attached hydrogens (tertiary/aromatic N) is 2. The summed E-state index contributed by atoms with van der Waals surface area (Å²) in [4.78, 5) is 12.3. The molecule has 1 N–H and O–H groups in total. The van der Waals surface area contributed by atoms with E-state index in [4.69, 9.17) is 4.74 Å². The molecule has 0 radical (unpaired) electrons. The van der Waals surface area contributed by atoms with Crippen LogP contribution in [0.2, 0.25) is 0 Å². The number of anilines is 1. The number of carbonyl (C=O) groups is 1. The lowest BCUT2D eigenvalue weighted by molar-refractivity contribution is -0.141. The average molecular weight is 341 g/mol. The Hall–Kier alpha value is -2.35. The number of benzene rings is 1. The van der Waals surface area contributed by atoms with E-state index in [1.807, 2.05) is 0 Å². The van der Waals surface area contributed by atoms with Crippen LogP contribution in [0.3, 0.4) is 0 Å². The molecule has 8 heteroatoms. The summed E-state index contributed by atoms with van der Waals surface area (Å²) in [6, 6.07) is 6.91. The third kappa shape index (κ3) is 4.14. The molecule has 0 saturated heterocycles. The zero-order valence-corrected chi connectivity index (χ0v) is 13.4. The molecule has 0 aliphatic rings. The van der Waals surface area contributed by atoms with E-state index < -0.39 is 23.3 Å². The minimum absolute atomic E-state index is 0.237. The van der Waals surface area contributed by atoms with Gasteiger partial charge < -0.3 is 10.1 Å². The maximum atomic E-state index is 13.1. The number of aromatic nitrogens is 2. The molecule has 1 aromatic carbocycles. The van der Waals surface area contributed by atoms with Crippen LogP contribution in [-0.4, -0.2) is 29.4 Å². The van der Waals surface area contributed by atoms with Crippen LogP contribution in [-0.2, 0) is 23.9 Å². The summed E-state index contributed by atoms with van der Waals surface area (Å²) < 4.78 is 45.3. The van der Waals surface area contributed by atoms with E-state index in [1.165, 1.54) is 0 Å². The molecule has 1 heterocycles. The van der Waals surface area contributed by atoms with Gasteiger partial charge in [0, 0.05) is 25.5 Å². The summed E-state index contributed by atoms with van der Waals surface area (Å²) >= 11 is 0. The van der Waals surface area contributed by atoms with Crippen LogP contribution in [0.25, 0.3) is 0 Å². The Bertz CT molecular complexity index is 711. The molecule has 0 spiro atoms. The van der Waals surface area contributed by atoms with Crippen molar-refractivity contribution in [2.24, 2.45) is 0 Å². The van der Waals surface area contributed by atoms with E-state index in [0.29, 0.717) is 18.7 Å². The van der Waals surface area contributed by atoms with Crippen molar-refractivity contribution in [3.63, 3.8) is 0 Å². The fourth-order valence-electron chi connectivity index (χ4n) is 2.22. The van der Waals surface area contributed by atoms with Gasteiger partial charge in [0.2, 0.25) is 0 Å². The number of methoxy groups -OCH3 is 1. The van der Waals surface area contributed by atoms with E-state index in [0.717, 1.165) is 16.4 Å². The molecule has 2 aromatic rings. The molecule has 24 heavy (non-hydrogen) atoms. The van der Waals surface area contributed by atoms with Gasteiger partial charge in [0.25, 0.3) is 5.91 Å². The lowest BCUT2D eigenvalue weighted by Gasteiger charge is -2.11. The first-order valence-electron chi connectivity index (χ1n) is 7.39. The third-order valence-electron chi connectivity index (χ3n) is 3.44. The molecule has 0 fully saturated rings. The summed E-state index contributed by atoms with van der Waals surface area (Å²) in [7, 11) is 1.55. The minimum atomic E-state index is -4.69. The molecule has 130 valence electrons. The Morgan fingerprint density at radius 2 is 2.04 bits per heavy atom. The third-order valence-corrected chi connectivity index (χ3v) is 3.44. The highest BCUT2D eigenvalue weighted by Crippen LogP contribution is 2.31. The van der Waals surface area contributed by atoms with Crippen molar-refractivity contribution in [2.75, 3.05) is 19.0 Å². The summed E-state index contributed by atoms with van der Waals surface area (Å²) in [6.45, 7) is 2.32. The smallest absolute Gasteiger partial charge is 0.384 e. The molecule has 2 rings (SSSR count). The van der Waals surface area contributed by atoms with Gasteiger partial charge in [-0.1, -0.05) is 18.2 Å². The topological polar surface area (TPSA) is 56.2 Å². The van der Waals surface area contributed by atoms with Crippen molar-refractivity contribution in [1.29, 1.82) is 0 Å². The van der Waals surface area contributed by atoms with Crippen molar-refractivity contribution in [2.45, 2.75) is 26.1 Å². The van der Waals surface area contributed by atoms with Gasteiger partial charge in [0.05, 0.1) is 12.2 Å². The second kappa shape index (κ2) is 7.48. The summed E-state index contributed by atoms with van der Waals surface area (Å²) in [5, 5.41) is 5.98. The normalized spacial score (nSPS) is 11.5. The number of aryl methyl sites for hydroxylation is 1. The Kier molecular flexibility index (Phi) is 5.61. The van der Waals surface area contributed by atoms with E-state index >= 15 is 0 Å². The predicted octanol–water partition coefficient (Wildman–Crippen LogP) is 3.36. The molecule has 0 unspecified atom stereocenters. The van der Waals surface area contributed by atoms with Gasteiger partial charge in [-0.05, 0) is 25.0 Å². The highest BCUT2D eigenvalue weighted by Gasteiger charge is 2.39. The molecule has 0 bridgehead atoms. The van der Waals surface area contributed by atoms with Crippen molar-refractivity contribution < 1.29 is 22.7 Å². The molecular weight excluding hydrogens is 323 g/mol. The van der Waals surface area contributed by atoms with Crippen LogP contribution < -0.4 is 5.32 Å². The number of hydrogen-bond donors (Lipinski definition) is 1. The zero-order chi connectivity index (χ0) is 17.7. The SMILES string of the molecule is CCn1cc(C(=O)Nc2ccccc2CCOC)c(C(F)(F)F)n1. The van der Waals surface area contributed by atoms with Gasteiger partial charge >= 0.3 is 6.18 Å². The van der Waals surface area contributed by atoms with Crippen molar-refractivity contribution >= 4 is 11.6 Å². The van der Waals surface area contributed by atoms with E-state index in [9.17, 15) is 18.0 Å². The van der Waals surface area contributed by atoms with Crippen LogP contribution in [0.5, 0.6) is 0 Å². The van der Waals surface area contributed by atoms with Crippen LogP contribution >= 0.6 is 0 Å².